The predicted molar refractivity (Wildman–Crippen MR) is 242 cm³/mol. The van der Waals surface area contributed by atoms with E-state index >= 15 is 0 Å². The van der Waals surface area contributed by atoms with Gasteiger partial charge in [0.1, 0.15) is 23.3 Å². The van der Waals surface area contributed by atoms with Crippen LogP contribution in [0, 0.1) is 30.6 Å². The quantitative estimate of drug-likeness (QED) is 0.251. The van der Waals surface area contributed by atoms with Gasteiger partial charge in [-0.25, -0.2) is 0 Å². The Morgan fingerprint density at radius 1 is 0.938 bits per heavy atom. The molecule has 1 aliphatic carbocycles. The average molecular weight is 895 g/mol. The summed E-state index contributed by atoms with van der Waals surface area (Å²) in [6.07, 6.45) is 5.19. The van der Waals surface area contributed by atoms with Gasteiger partial charge in [-0.05, 0) is 38.3 Å². The summed E-state index contributed by atoms with van der Waals surface area (Å²) in [5.74, 6) is -7.32. The van der Waals surface area contributed by atoms with Gasteiger partial charge < -0.3 is 44.9 Å². The topological polar surface area (TPSA) is 206 Å². The second kappa shape index (κ2) is 18.7. The van der Waals surface area contributed by atoms with E-state index in [4.69, 9.17) is 23.9 Å². The molecule has 7 rings (SSSR count). The number of carbonyl (C=O) groups is 4. The molecule has 1 amide bonds. The van der Waals surface area contributed by atoms with Crippen molar-refractivity contribution >= 4 is 29.2 Å². The highest BCUT2D eigenvalue weighted by molar-refractivity contribution is 6.34. The number of fused-ring (bicyclic) bond motifs is 3. The summed E-state index contributed by atoms with van der Waals surface area (Å²) in [7, 11) is 1.47. The van der Waals surface area contributed by atoms with Crippen LogP contribution in [-0.4, -0.2) is 112 Å². The molecular formula is C50H62N4O11. The van der Waals surface area contributed by atoms with Crippen LogP contribution in [0.4, 0.5) is 0 Å². The number of aliphatic hydroxyl groups excluding tert-OH is 2. The molecule has 4 heterocycles. The maximum Gasteiger partial charge on any atom is 0.312 e. The zero-order valence-electron chi connectivity index (χ0n) is 38.6. The number of aliphatic imine (C=N–C) groups is 1. The van der Waals surface area contributed by atoms with Crippen LogP contribution in [0.3, 0.4) is 0 Å². The Bertz CT molecular complexity index is 2380. The fraction of sp³-hybridized carbons (Fsp3) is 0.500. The maximum absolute atomic E-state index is 14.9. The van der Waals surface area contributed by atoms with Crippen molar-refractivity contribution in [3.8, 4) is 11.5 Å². The Morgan fingerprint density at radius 2 is 1.63 bits per heavy atom. The number of rotatable bonds is 4. The lowest BCUT2D eigenvalue weighted by Crippen LogP contribution is -2.54. The summed E-state index contributed by atoms with van der Waals surface area (Å²) in [5.41, 5.74) is 1.15. The number of nitrogens with zero attached hydrogens (tertiary/aromatic N) is 2. The van der Waals surface area contributed by atoms with Crippen LogP contribution in [0.5, 0.6) is 11.5 Å². The van der Waals surface area contributed by atoms with Crippen molar-refractivity contribution in [3.63, 3.8) is 0 Å². The van der Waals surface area contributed by atoms with E-state index in [9.17, 15) is 34.5 Å². The van der Waals surface area contributed by atoms with Crippen LogP contribution in [0.1, 0.15) is 98.7 Å². The van der Waals surface area contributed by atoms with Crippen LogP contribution < -0.4 is 15.4 Å². The highest BCUT2D eigenvalue weighted by Crippen LogP contribution is 2.50. The van der Waals surface area contributed by atoms with E-state index in [-0.39, 0.29) is 50.7 Å². The number of carbonyl (C=O) groups excluding carboxylic acids is 4. The number of piperidine rings is 1. The summed E-state index contributed by atoms with van der Waals surface area (Å²) in [6, 6.07) is 10.2. The van der Waals surface area contributed by atoms with Crippen molar-refractivity contribution in [2.75, 3.05) is 26.7 Å². The van der Waals surface area contributed by atoms with Gasteiger partial charge in [0.25, 0.3) is 11.7 Å². The van der Waals surface area contributed by atoms with E-state index in [0.29, 0.717) is 19.4 Å². The van der Waals surface area contributed by atoms with Crippen molar-refractivity contribution in [3.05, 3.63) is 106 Å². The van der Waals surface area contributed by atoms with Crippen molar-refractivity contribution in [2.45, 2.75) is 111 Å². The van der Waals surface area contributed by atoms with E-state index in [1.807, 2.05) is 18.2 Å². The maximum atomic E-state index is 14.9. The molecule has 5 bridgehead atoms. The van der Waals surface area contributed by atoms with Gasteiger partial charge in [0.15, 0.2) is 0 Å². The first kappa shape index (κ1) is 47.4. The number of Topliss-reactive ketones (excluding diaryl/α,β-unsaturated/α-hetero) is 2. The third-order valence-electron chi connectivity index (χ3n) is 14.0. The van der Waals surface area contributed by atoms with Gasteiger partial charge in [0.2, 0.25) is 5.78 Å². The fourth-order valence-electron chi connectivity index (χ4n) is 9.78. The number of amides is 1. The molecule has 0 unspecified atom stereocenters. The van der Waals surface area contributed by atoms with Gasteiger partial charge in [0, 0.05) is 87.5 Å². The Hall–Kier alpha value is -5.61. The predicted octanol–water partition coefficient (Wildman–Crippen LogP) is 5.20. The number of hydrogen-bond acceptors (Lipinski definition) is 14. The largest absolute Gasteiger partial charge is 0.507 e. The molecule has 0 saturated carbocycles. The molecule has 1 fully saturated rings. The molecule has 15 nitrogen and oxygen atoms in total. The molecule has 2 aromatic rings. The molecule has 1 spiro atoms. The molecule has 5 N–H and O–H groups in total. The lowest BCUT2D eigenvalue weighted by atomic mass is 9.78. The molecule has 1 saturated heterocycles. The van der Waals surface area contributed by atoms with Gasteiger partial charge in [-0.1, -0.05) is 76.3 Å². The standard InChI is InChI=1S/C50H62N4O11/c1-26-14-13-15-27(2)48(61)52-40-39-38(53-50(25-51-39)19-21-54(22-20-50)24-33-16-11-10-12-17-33)35-36(44(40)59)43(58)31(6)46-37(35)47(60)49(8,65-46)63-23-18-34(62-9)28(3)45(64-32(7)55)30(5)42(57)29(4)41(26)56/h10-18,23,26,28-30,34,41-42,45,51,56-58H,19-22,24-25H2,1-9H3,(H,52,61)/b14-13+,23-18+,27-15-/t26-,28+,29+,30+,34-,41-,42+,45+,49-/m0/s1. The van der Waals surface area contributed by atoms with Crippen LogP contribution in [-0.2, 0) is 30.3 Å². The number of nitrogens with one attached hydrogen (secondary N) is 2. The summed E-state index contributed by atoms with van der Waals surface area (Å²) in [6.45, 7) is 15.4. The Kier molecular flexibility index (Phi) is 13.6. The van der Waals surface area contributed by atoms with Gasteiger partial charge in [-0.15, -0.1) is 0 Å². The SMILES string of the molecule is CO[C@H]1/C=C/O[C@@]2(C)Oc3c(C)c(O)c4c(c3C2=O)C2=NC3(CCN(Cc5ccccc5)CC3)CNC2=C(NC(=O)/C(C)=C\C=C\[C@H](C)[C@H](O)[C@@H](C)[C@@H](O)[C@@H](C)[C@H](OC(C)=O)[C@@H]1C)C4=O. The molecule has 2 aromatic carbocycles. The highest BCUT2D eigenvalue weighted by atomic mass is 16.7. The van der Waals surface area contributed by atoms with Crippen LogP contribution >= 0.6 is 0 Å². The third kappa shape index (κ3) is 9.03. The highest BCUT2D eigenvalue weighted by Gasteiger charge is 2.53. The van der Waals surface area contributed by atoms with Gasteiger partial charge in [0.05, 0.1) is 52.6 Å². The number of ether oxygens (including phenoxy) is 4. The van der Waals surface area contributed by atoms with Crippen LogP contribution in [0.2, 0.25) is 0 Å². The van der Waals surface area contributed by atoms with Gasteiger partial charge >= 0.3 is 11.8 Å². The number of benzene rings is 2. The third-order valence-corrected chi connectivity index (χ3v) is 14.0. The molecule has 15 heteroatoms. The number of aromatic hydroxyl groups is 1. The number of hydrogen-bond donors (Lipinski definition) is 5. The van der Waals surface area contributed by atoms with E-state index < -0.39 is 88.6 Å². The van der Waals surface area contributed by atoms with Crippen molar-refractivity contribution in [1.29, 1.82) is 0 Å². The fourth-order valence-corrected chi connectivity index (χ4v) is 9.78. The summed E-state index contributed by atoms with van der Waals surface area (Å²) in [4.78, 5) is 63.8. The molecule has 65 heavy (non-hydrogen) atoms. The number of methoxy groups -OCH3 is 1. The summed E-state index contributed by atoms with van der Waals surface area (Å²) in [5, 5.41) is 41.2. The lowest BCUT2D eigenvalue weighted by molar-refractivity contribution is -0.160. The van der Waals surface area contributed by atoms with Crippen LogP contribution in [0.25, 0.3) is 0 Å². The minimum absolute atomic E-state index is 0.0111. The number of likely N-dealkylation sites (tertiary alicyclic amines) is 1. The second-order valence-electron chi connectivity index (χ2n) is 18.5. The molecular weight excluding hydrogens is 833 g/mol. The first-order valence-corrected chi connectivity index (χ1v) is 22.4. The molecule has 9 atom stereocenters. The van der Waals surface area contributed by atoms with E-state index in [1.165, 1.54) is 39.7 Å². The molecule has 348 valence electrons. The Morgan fingerprint density at radius 3 is 2.29 bits per heavy atom. The minimum atomic E-state index is -1.98. The summed E-state index contributed by atoms with van der Waals surface area (Å²) >= 11 is 0. The monoisotopic (exact) mass is 894 g/mol. The minimum Gasteiger partial charge on any atom is -0.507 e. The zero-order chi connectivity index (χ0) is 47.1. The van der Waals surface area contributed by atoms with Crippen molar-refractivity contribution < 1.29 is 53.4 Å². The van der Waals surface area contributed by atoms with Crippen molar-refractivity contribution in [2.24, 2.45) is 28.7 Å². The average Bonchev–Trinajstić information content (AvgIpc) is 3.55. The molecule has 4 aliphatic heterocycles. The number of ketones is 2. The molecule has 0 radical (unpaired) electrons. The van der Waals surface area contributed by atoms with Crippen LogP contribution in [0.15, 0.2) is 82.9 Å². The number of esters is 1. The lowest BCUT2D eigenvalue weighted by Gasteiger charge is -2.44. The van der Waals surface area contributed by atoms with E-state index in [2.05, 4.69) is 27.7 Å². The second-order valence-corrected chi connectivity index (χ2v) is 18.5. The summed E-state index contributed by atoms with van der Waals surface area (Å²) < 4.78 is 24.1. The first-order valence-electron chi connectivity index (χ1n) is 22.4. The van der Waals surface area contributed by atoms with Gasteiger partial charge in [-0.2, -0.15) is 0 Å². The number of allylic oxidation sites excluding steroid dienone is 4. The van der Waals surface area contributed by atoms with Gasteiger partial charge in [-0.3, -0.25) is 29.1 Å². The smallest absolute Gasteiger partial charge is 0.312 e. The number of aliphatic hydroxyl groups is 2. The van der Waals surface area contributed by atoms with Crippen molar-refractivity contribution in [1.82, 2.24) is 15.5 Å². The number of phenols is 1. The number of phenolic OH excluding ortho intramolecular Hbond substituents is 1. The zero-order valence-corrected chi connectivity index (χ0v) is 38.6. The molecule has 0 aromatic heterocycles. The van der Waals surface area contributed by atoms with E-state index in [1.54, 1.807) is 58.9 Å². The van der Waals surface area contributed by atoms with E-state index in [0.717, 1.165) is 19.6 Å². The molecule has 5 aliphatic rings. The Labute approximate surface area is 380 Å². The first-order chi connectivity index (χ1) is 30.8. The normalized spacial score (nSPS) is 32.5. The Balaban J connectivity index is 1.34.